The molecule has 10 heteroatoms. The summed E-state index contributed by atoms with van der Waals surface area (Å²) in [6.07, 6.45) is -4.34. The molecule has 7 nitrogen and oxygen atoms in total. The van der Waals surface area contributed by atoms with Crippen molar-refractivity contribution in [2.24, 2.45) is 0 Å². The SMILES string of the molecule is O=C(O)c1ccc(-n2cc([N+](=O)[O-])c(C(F)(F)F)n2)cc1. The average molecular weight is 301 g/mol. The Labute approximate surface area is 114 Å². The normalized spacial score (nSPS) is 11.4. The molecule has 0 spiro atoms. The summed E-state index contributed by atoms with van der Waals surface area (Å²) in [5.74, 6) is -1.20. The van der Waals surface area contributed by atoms with Crippen molar-refractivity contribution in [2.75, 3.05) is 0 Å². The molecule has 0 bridgehead atoms. The Morgan fingerprint density at radius 1 is 1.29 bits per heavy atom. The van der Waals surface area contributed by atoms with Crippen LogP contribution in [0.1, 0.15) is 16.1 Å². The lowest BCUT2D eigenvalue weighted by molar-refractivity contribution is -0.388. The summed E-state index contributed by atoms with van der Waals surface area (Å²) in [5, 5.41) is 22.5. The number of halogens is 3. The molecule has 0 radical (unpaired) electrons. The van der Waals surface area contributed by atoms with E-state index in [4.69, 9.17) is 5.11 Å². The quantitative estimate of drug-likeness (QED) is 0.693. The predicted octanol–water partition coefficient (Wildman–Crippen LogP) is 2.50. The zero-order valence-corrected chi connectivity index (χ0v) is 10.0. The minimum Gasteiger partial charge on any atom is -0.478 e. The van der Waals surface area contributed by atoms with Gasteiger partial charge in [-0.05, 0) is 24.3 Å². The third-order valence-corrected chi connectivity index (χ3v) is 2.54. The summed E-state index contributed by atoms with van der Waals surface area (Å²) >= 11 is 0. The largest absolute Gasteiger partial charge is 0.478 e. The van der Waals surface area contributed by atoms with Crippen LogP contribution in [0.2, 0.25) is 0 Å². The zero-order valence-electron chi connectivity index (χ0n) is 10.0. The smallest absolute Gasteiger partial charge is 0.442 e. The minimum absolute atomic E-state index is 0.0681. The first-order valence-electron chi connectivity index (χ1n) is 5.35. The van der Waals surface area contributed by atoms with E-state index < -0.39 is 28.5 Å². The molecule has 0 amide bonds. The number of hydrogen-bond donors (Lipinski definition) is 1. The lowest BCUT2D eigenvalue weighted by Gasteiger charge is -2.02. The highest BCUT2D eigenvalue weighted by Crippen LogP contribution is 2.35. The number of nitrogens with zero attached hydrogens (tertiary/aromatic N) is 3. The van der Waals surface area contributed by atoms with Gasteiger partial charge in [-0.3, -0.25) is 10.1 Å². The van der Waals surface area contributed by atoms with Gasteiger partial charge in [0.25, 0.3) is 0 Å². The molecule has 0 unspecified atom stereocenters. The number of carboxylic acids is 1. The van der Waals surface area contributed by atoms with E-state index in [1.165, 1.54) is 12.1 Å². The molecular formula is C11H6F3N3O4. The number of hydrogen-bond acceptors (Lipinski definition) is 4. The van der Waals surface area contributed by atoms with E-state index in [1.807, 2.05) is 0 Å². The van der Waals surface area contributed by atoms with Gasteiger partial charge in [-0.15, -0.1) is 0 Å². The summed E-state index contributed by atoms with van der Waals surface area (Å²) in [7, 11) is 0. The molecule has 110 valence electrons. The van der Waals surface area contributed by atoms with Crippen molar-refractivity contribution in [3.63, 3.8) is 0 Å². The highest BCUT2D eigenvalue weighted by molar-refractivity contribution is 5.87. The molecule has 0 fully saturated rings. The fraction of sp³-hybridized carbons (Fsp3) is 0.0909. The van der Waals surface area contributed by atoms with Crippen molar-refractivity contribution >= 4 is 11.7 Å². The molecule has 0 aliphatic carbocycles. The Morgan fingerprint density at radius 2 is 1.86 bits per heavy atom. The van der Waals surface area contributed by atoms with Gasteiger partial charge in [-0.1, -0.05) is 0 Å². The molecule has 2 aromatic rings. The van der Waals surface area contributed by atoms with E-state index in [-0.39, 0.29) is 11.3 Å². The molecule has 0 saturated heterocycles. The Morgan fingerprint density at radius 3 is 2.24 bits per heavy atom. The number of rotatable bonds is 3. The fourth-order valence-corrected chi connectivity index (χ4v) is 1.59. The van der Waals surface area contributed by atoms with Crippen LogP contribution in [0.15, 0.2) is 30.5 Å². The Balaban J connectivity index is 2.50. The highest BCUT2D eigenvalue weighted by Gasteiger charge is 2.42. The molecule has 21 heavy (non-hydrogen) atoms. The first kappa shape index (κ1) is 14.5. The molecule has 0 saturated carbocycles. The van der Waals surface area contributed by atoms with Crippen molar-refractivity contribution < 1.29 is 28.0 Å². The van der Waals surface area contributed by atoms with E-state index in [2.05, 4.69) is 5.10 Å². The summed E-state index contributed by atoms with van der Waals surface area (Å²) in [6, 6.07) is 4.69. The number of nitro groups is 1. The van der Waals surface area contributed by atoms with Crippen LogP contribution in [0.3, 0.4) is 0 Å². The Hall–Kier alpha value is -2.91. The van der Waals surface area contributed by atoms with Crippen LogP contribution >= 0.6 is 0 Å². The number of aromatic carboxylic acids is 1. The van der Waals surface area contributed by atoms with Crippen LogP contribution in [0.4, 0.5) is 18.9 Å². The maximum Gasteiger partial charge on any atom is 0.442 e. The topological polar surface area (TPSA) is 98.3 Å². The van der Waals surface area contributed by atoms with Gasteiger partial charge >= 0.3 is 17.8 Å². The van der Waals surface area contributed by atoms with E-state index >= 15 is 0 Å². The van der Waals surface area contributed by atoms with Gasteiger partial charge in [0.2, 0.25) is 5.69 Å². The lowest BCUT2D eigenvalue weighted by atomic mass is 10.2. The second-order valence-corrected chi connectivity index (χ2v) is 3.91. The van der Waals surface area contributed by atoms with Gasteiger partial charge in [0.1, 0.15) is 6.20 Å². The van der Waals surface area contributed by atoms with E-state index in [0.717, 1.165) is 12.1 Å². The second-order valence-electron chi connectivity index (χ2n) is 3.91. The standard InChI is InChI=1S/C11H6F3N3O4/c12-11(13,14)9-8(17(20)21)5-16(15-9)7-3-1-6(2-4-7)10(18)19/h1-5H,(H,18,19). The second kappa shape index (κ2) is 4.89. The van der Waals surface area contributed by atoms with Gasteiger partial charge < -0.3 is 5.11 Å². The molecule has 2 rings (SSSR count). The van der Waals surface area contributed by atoms with E-state index in [0.29, 0.717) is 10.9 Å². The number of carbonyl (C=O) groups is 1. The van der Waals surface area contributed by atoms with Gasteiger partial charge in [-0.2, -0.15) is 18.3 Å². The van der Waals surface area contributed by atoms with Gasteiger partial charge in [-0.25, -0.2) is 9.48 Å². The summed E-state index contributed by atoms with van der Waals surface area (Å²) in [6.45, 7) is 0. The van der Waals surface area contributed by atoms with Crippen molar-refractivity contribution in [1.82, 2.24) is 9.78 Å². The first-order valence-corrected chi connectivity index (χ1v) is 5.35. The first-order chi connectivity index (χ1) is 9.70. The summed E-state index contributed by atoms with van der Waals surface area (Å²) in [5.41, 5.74) is -2.80. The fourth-order valence-electron chi connectivity index (χ4n) is 1.59. The molecule has 0 atom stereocenters. The van der Waals surface area contributed by atoms with Gasteiger partial charge in [0, 0.05) is 0 Å². The lowest BCUT2D eigenvalue weighted by Crippen LogP contribution is -2.09. The maximum atomic E-state index is 12.6. The Kier molecular flexibility index (Phi) is 3.37. The third-order valence-electron chi connectivity index (χ3n) is 2.54. The number of benzene rings is 1. The minimum atomic E-state index is -4.96. The molecule has 1 N–H and O–H groups in total. The number of alkyl halides is 3. The third kappa shape index (κ3) is 2.83. The molecule has 1 heterocycles. The van der Waals surface area contributed by atoms with Crippen LogP contribution in [0.25, 0.3) is 5.69 Å². The molecule has 0 aliphatic rings. The highest BCUT2D eigenvalue weighted by atomic mass is 19.4. The predicted molar refractivity (Wildman–Crippen MR) is 62.2 cm³/mol. The molecular weight excluding hydrogens is 295 g/mol. The van der Waals surface area contributed by atoms with Crippen molar-refractivity contribution in [1.29, 1.82) is 0 Å². The molecule has 1 aromatic carbocycles. The van der Waals surface area contributed by atoms with Crippen LogP contribution < -0.4 is 0 Å². The van der Waals surface area contributed by atoms with E-state index in [9.17, 15) is 28.1 Å². The van der Waals surface area contributed by atoms with Crippen LogP contribution in [0, 0.1) is 10.1 Å². The van der Waals surface area contributed by atoms with Crippen LogP contribution in [0.5, 0.6) is 0 Å². The average Bonchev–Trinajstić information content (AvgIpc) is 2.84. The van der Waals surface area contributed by atoms with Crippen LogP contribution in [-0.2, 0) is 6.18 Å². The van der Waals surface area contributed by atoms with Crippen molar-refractivity contribution in [3.05, 3.63) is 51.8 Å². The number of carboxylic acid groups (broad SMARTS) is 1. The van der Waals surface area contributed by atoms with Crippen molar-refractivity contribution in [3.8, 4) is 5.69 Å². The number of aromatic nitrogens is 2. The van der Waals surface area contributed by atoms with Crippen molar-refractivity contribution in [2.45, 2.75) is 6.18 Å². The zero-order chi connectivity index (χ0) is 15.8. The van der Waals surface area contributed by atoms with Gasteiger partial charge in [0.15, 0.2) is 0 Å². The van der Waals surface area contributed by atoms with Crippen LogP contribution in [-0.4, -0.2) is 25.8 Å². The van der Waals surface area contributed by atoms with Gasteiger partial charge in [0.05, 0.1) is 16.2 Å². The molecule has 1 aromatic heterocycles. The molecule has 0 aliphatic heterocycles. The Bertz CT molecular complexity index is 706. The monoisotopic (exact) mass is 301 g/mol. The summed E-state index contributed by atoms with van der Waals surface area (Å²) in [4.78, 5) is 20.1. The maximum absolute atomic E-state index is 12.6. The summed E-state index contributed by atoms with van der Waals surface area (Å²) < 4.78 is 38.6. The van der Waals surface area contributed by atoms with E-state index in [1.54, 1.807) is 0 Å².